The molecule has 6 nitrogen and oxygen atoms in total. The molecule has 0 saturated carbocycles. The van der Waals surface area contributed by atoms with Gasteiger partial charge in [0.15, 0.2) is 6.10 Å². The number of aliphatic carboxylic acids is 1. The summed E-state index contributed by atoms with van der Waals surface area (Å²) in [4.78, 5) is 11.0. The number of aliphatic hydroxyl groups excluding tert-OH is 1. The lowest BCUT2D eigenvalue weighted by Crippen LogP contribution is -2.30. The number of fused-ring (bicyclic) bond motifs is 1. The summed E-state index contributed by atoms with van der Waals surface area (Å²) in [6.07, 6.45) is 0.834. The molecule has 0 amide bonds. The van der Waals surface area contributed by atoms with Crippen LogP contribution in [0.2, 0.25) is 10.0 Å². The van der Waals surface area contributed by atoms with E-state index in [1.807, 2.05) is 0 Å². The Labute approximate surface area is 173 Å². The fourth-order valence-corrected chi connectivity index (χ4v) is 4.87. The minimum atomic E-state index is -3.75. The van der Waals surface area contributed by atoms with Crippen LogP contribution in [0.25, 0.3) is 0 Å². The second-order valence-corrected chi connectivity index (χ2v) is 9.30. The molecule has 1 aliphatic carbocycles. The van der Waals surface area contributed by atoms with Gasteiger partial charge in [0, 0.05) is 6.54 Å². The molecule has 9 heteroatoms. The number of benzene rings is 2. The molecule has 0 aromatic heterocycles. The van der Waals surface area contributed by atoms with Crippen molar-refractivity contribution in [3.8, 4) is 0 Å². The predicted octanol–water partition coefficient (Wildman–Crippen LogP) is 3.51. The van der Waals surface area contributed by atoms with Gasteiger partial charge in [-0.2, -0.15) is 0 Å². The summed E-state index contributed by atoms with van der Waals surface area (Å²) in [5.74, 6) is -1.35. The van der Waals surface area contributed by atoms with Crippen molar-refractivity contribution in [1.29, 1.82) is 0 Å². The van der Waals surface area contributed by atoms with Crippen molar-refractivity contribution in [2.45, 2.75) is 36.2 Å². The van der Waals surface area contributed by atoms with Crippen LogP contribution in [0, 0.1) is 0 Å². The number of hydrogen-bond acceptors (Lipinski definition) is 4. The van der Waals surface area contributed by atoms with E-state index in [4.69, 9.17) is 28.3 Å². The van der Waals surface area contributed by atoms with Crippen LogP contribution >= 0.6 is 23.2 Å². The third kappa shape index (κ3) is 4.50. The van der Waals surface area contributed by atoms with E-state index in [0.717, 1.165) is 30.4 Å². The van der Waals surface area contributed by atoms with Gasteiger partial charge in [0.1, 0.15) is 0 Å². The molecule has 0 aliphatic heterocycles. The fourth-order valence-electron chi connectivity index (χ4n) is 3.40. The summed E-state index contributed by atoms with van der Waals surface area (Å²) < 4.78 is 27.7. The topological polar surface area (TPSA) is 104 Å². The van der Waals surface area contributed by atoms with Gasteiger partial charge in [-0.3, -0.25) is 0 Å². The lowest BCUT2D eigenvalue weighted by Gasteiger charge is -2.26. The van der Waals surface area contributed by atoms with Crippen LogP contribution in [0.1, 0.15) is 41.6 Å². The number of rotatable bonds is 6. The average Bonchev–Trinajstić information content (AvgIpc) is 2.67. The molecule has 3 rings (SSSR count). The van der Waals surface area contributed by atoms with Crippen molar-refractivity contribution in [2.24, 2.45) is 0 Å². The molecular weight excluding hydrogens is 425 g/mol. The Kier molecular flexibility index (Phi) is 6.31. The number of carboxylic acid groups (broad SMARTS) is 1. The molecule has 2 aromatic carbocycles. The van der Waals surface area contributed by atoms with Gasteiger partial charge in [-0.25, -0.2) is 17.9 Å². The first-order chi connectivity index (χ1) is 13.2. The molecule has 0 fully saturated rings. The molecule has 0 bridgehead atoms. The lowest BCUT2D eigenvalue weighted by atomic mass is 9.82. The number of sulfonamides is 1. The van der Waals surface area contributed by atoms with Gasteiger partial charge in [0.2, 0.25) is 10.0 Å². The first kappa shape index (κ1) is 21.1. The highest BCUT2D eigenvalue weighted by atomic mass is 35.5. The number of carbonyl (C=O) groups is 1. The Hall–Kier alpha value is -1.64. The molecule has 2 atom stereocenters. The van der Waals surface area contributed by atoms with Gasteiger partial charge in [0.05, 0.1) is 14.9 Å². The number of aryl methyl sites for hydroxylation is 1. The molecule has 150 valence electrons. The van der Waals surface area contributed by atoms with Crippen molar-refractivity contribution in [2.75, 3.05) is 6.54 Å². The molecular formula is C19H19Cl2NO5S. The summed E-state index contributed by atoms with van der Waals surface area (Å²) in [5, 5.41) is 19.1. The summed E-state index contributed by atoms with van der Waals surface area (Å²) in [5.41, 5.74) is 2.22. The number of halogens is 2. The smallest absolute Gasteiger partial charge is 0.337 e. The van der Waals surface area contributed by atoms with Gasteiger partial charge < -0.3 is 10.2 Å². The third-order valence-electron chi connectivity index (χ3n) is 4.88. The Morgan fingerprint density at radius 2 is 1.93 bits per heavy atom. The van der Waals surface area contributed by atoms with Crippen molar-refractivity contribution in [3.05, 3.63) is 63.1 Å². The van der Waals surface area contributed by atoms with Crippen LogP contribution in [-0.4, -0.2) is 31.1 Å². The van der Waals surface area contributed by atoms with E-state index in [1.165, 1.54) is 18.2 Å². The maximum Gasteiger partial charge on any atom is 0.337 e. The molecule has 0 saturated heterocycles. The van der Waals surface area contributed by atoms with Crippen molar-refractivity contribution >= 4 is 39.2 Å². The highest BCUT2D eigenvalue weighted by Crippen LogP contribution is 2.33. The number of nitrogens with one attached hydrogen (secondary N) is 1. The Bertz CT molecular complexity index is 1010. The molecule has 2 aromatic rings. The average molecular weight is 444 g/mol. The molecule has 0 spiro atoms. The van der Waals surface area contributed by atoms with Gasteiger partial charge >= 0.3 is 5.97 Å². The van der Waals surface area contributed by atoms with Crippen LogP contribution in [0.3, 0.4) is 0 Å². The van der Waals surface area contributed by atoms with Crippen LogP contribution in [-0.2, 0) is 21.2 Å². The first-order valence-corrected chi connectivity index (χ1v) is 10.9. The van der Waals surface area contributed by atoms with Crippen molar-refractivity contribution < 1.29 is 23.4 Å². The quantitative estimate of drug-likeness (QED) is 0.633. The largest absolute Gasteiger partial charge is 0.479 e. The summed E-state index contributed by atoms with van der Waals surface area (Å²) >= 11 is 11.8. The summed E-state index contributed by atoms with van der Waals surface area (Å²) in [6, 6.07) is 9.17. The molecule has 1 aliphatic rings. The lowest BCUT2D eigenvalue weighted by molar-refractivity contribution is -0.146. The normalized spacial score (nSPS) is 17.8. The van der Waals surface area contributed by atoms with Gasteiger partial charge in [0.25, 0.3) is 0 Å². The van der Waals surface area contributed by atoms with Crippen LogP contribution < -0.4 is 4.72 Å². The maximum atomic E-state index is 12.6. The second-order valence-electron chi connectivity index (χ2n) is 6.72. The van der Waals surface area contributed by atoms with E-state index in [1.54, 1.807) is 18.2 Å². The minimum absolute atomic E-state index is 0.0397. The van der Waals surface area contributed by atoms with E-state index in [0.29, 0.717) is 5.56 Å². The molecule has 0 radical (unpaired) electrons. The Balaban J connectivity index is 1.77. The molecule has 0 heterocycles. The predicted molar refractivity (Wildman–Crippen MR) is 106 cm³/mol. The van der Waals surface area contributed by atoms with E-state index in [-0.39, 0.29) is 27.4 Å². The van der Waals surface area contributed by atoms with Crippen LogP contribution in [0.5, 0.6) is 0 Å². The minimum Gasteiger partial charge on any atom is -0.479 e. The monoisotopic (exact) mass is 443 g/mol. The maximum absolute atomic E-state index is 12.6. The SMILES string of the molecule is O=C(O)C(O)c1ccc2c(c1)CCCC2CNS(=O)(=O)c1ccc(Cl)c(Cl)c1. The zero-order chi connectivity index (χ0) is 20.5. The van der Waals surface area contributed by atoms with Gasteiger partial charge in [-0.05, 0) is 60.1 Å². The number of carboxylic acids is 1. The number of hydrogen-bond donors (Lipinski definition) is 3. The van der Waals surface area contributed by atoms with Crippen molar-refractivity contribution in [3.63, 3.8) is 0 Å². The molecule has 3 N–H and O–H groups in total. The highest BCUT2D eigenvalue weighted by molar-refractivity contribution is 7.89. The Morgan fingerprint density at radius 1 is 1.18 bits per heavy atom. The standard InChI is InChI=1S/C19H19Cl2NO5S/c20-16-7-5-14(9-17(16)21)28(26,27)22-10-13-3-1-2-11-8-12(4-6-15(11)13)18(23)19(24)25/h4-9,13,18,22-23H,1-3,10H2,(H,24,25). The summed E-state index contributed by atoms with van der Waals surface area (Å²) in [7, 11) is -3.75. The van der Waals surface area contributed by atoms with E-state index < -0.39 is 22.1 Å². The second kappa shape index (κ2) is 8.39. The zero-order valence-corrected chi connectivity index (χ0v) is 17.1. The van der Waals surface area contributed by atoms with Gasteiger partial charge in [-0.15, -0.1) is 0 Å². The first-order valence-electron chi connectivity index (χ1n) is 8.67. The highest BCUT2D eigenvalue weighted by Gasteiger charge is 2.25. The third-order valence-corrected chi connectivity index (χ3v) is 7.04. The number of aliphatic hydroxyl groups is 1. The molecule has 28 heavy (non-hydrogen) atoms. The van der Waals surface area contributed by atoms with Gasteiger partial charge in [-0.1, -0.05) is 41.4 Å². The summed E-state index contributed by atoms with van der Waals surface area (Å²) in [6.45, 7) is 0.205. The zero-order valence-electron chi connectivity index (χ0n) is 14.7. The van der Waals surface area contributed by atoms with Crippen LogP contribution in [0.4, 0.5) is 0 Å². The fraction of sp³-hybridized carbons (Fsp3) is 0.316. The van der Waals surface area contributed by atoms with Crippen LogP contribution in [0.15, 0.2) is 41.3 Å². The van der Waals surface area contributed by atoms with E-state index in [2.05, 4.69) is 4.72 Å². The van der Waals surface area contributed by atoms with Crippen molar-refractivity contribution in [1.82, 2.24) is 4.72 Å². The molecule has 2 unspecified atom stereocenters. The van der Waals surface area contributed by atoms with E-state index in [9.17, 15) is 18.3 Å². The van der Waals surface area contributed by atoms with E-state index >= 15 is 0 Å². The Morgan fingerprint density at radius 3 is 2.61 bits per heavy atom.